The van der Waals surface area contributed by atoms with Gasteiger partial charge in [-0.05, 0) is 57.0 Å². The van der Waals surface area contributed by atoms with E-state index in [-0.39, 0.29) is 16.3 Å². The molecule has 9 nitrogen and oxygen atoms in total. The van der Waals surface area contributed by atoms with Crippen molar-refractivity contribution >= 4 is 28.4 Å². The first-order valence-electron chi connectivity index (χ1n) is 18.7. The molecular formula is C26H34N8O. The van der Waals surface area contributed by atoms with Crippen molar-refractivity contribution < 1.29 is 26.7 Å². The average molecular weight is 491 g/mol. The summed E-state index contributed by atoms with van der Waals surface area (Å²) >= 11 is 0. The maximum absolute atomic E-state index is 13.7. The summed E-state index contributed by atoms with van der Waals surface area (Å²) in [6.07, 6.45) is 3.17. The zero-order chi connectivity index (χ0) is 38.8. The summed E-state index contributed by atoms with van der Waals surface area (Å²) in [6, 6.07) is 2.54. The number of H-pyrrole nitrogens is 1. The number of hydrogen-bond acceptors (Lipinski definition) is 6. The van der Waals surface area contributed by atoms with Gasteiger partial charge in [0.1, 0.15) is 12.1 Å². The van der Waals surface area contributed by atoms with E-state index in [0.717, 1.165) is 22.8 Å². The lowest BCUT2D eigenvalue weighted by molar-refractivity contribution is -0.132. The number of anilines is 1. The van der Waals surface area contributed by atoms with Crippen molar-refractivity contribution in [3.63, 3.8) is 0 Å². The third kappa shape index (κ3) is 4.14. The van der Waals surface area contributed by atoms with Gasteiger partial charge in [-0.3, -0.25) is 4.79 Å². The van der Waals surface area contributed by atoms with E-state index in [1.54, 1.807) is 10.7 Å². The Balaban J connectivity index is 1.70. The molecule has 184 valence electrons. The van der Waals surface area contributed by atoms with Crippen LogP contribution in [0.5, 0.6) is 0 Å². The minimum atomic E-state index is -4.22. The fraction of sp³-hybridized carbons (Fsp3) is 0.462. The summed E-state index contributed by atoms with van der Waals surface area (Å²) in [6.45, 7) is -19.9. The number of aromatic nitrogens is 5. The number of carbonyl (C=O) groups is 1. The van der Waals surface area contributed by atoms with Gasteiger partial charge in [0.2, 0.25) is 5.91 Å². The summed E-state index contributed by atoms with van der Waals surface area (Å²) in [5.41, 5.74) is 4.88. The summed E-state index contributed by atoms with van der Waals surface area (Å²) in [5.74, 6) is -3.34. The Morgan fingerprint density at radius 3 is 2.71 bits per heavy atom. The van der Waals surface area contributed by atoms with E-state index in [1.807, 2.05) is 27.7 Å². The van der Waals surface area contributed by atoms with Crippen LogP contribution in [0.1, 0.15) is 58.4 Å². The highest BCUT2D eigenvalue weighted by Crippen LogP contribution is 2.37. The van der Waals surface area contributed by atoms with Crippen LogP contribution in [0.15, 0.2) is 24.7 Å². The Morgan fingerprint density at radius 2 is 2.00 bits per heavy atom. The largest absolute Gasteiger partial charge is 0.353 e. The molecule has 1 aliphatic heterocycles. The number of aromatic amines is 1. The minimum Gasteiger partial charge on any atom is -0.353 e. The lowest BCUT2D eigenvalue weighted by Crippen LogP contribution is -2.50. The van der Waals surface area contributed by atoms with E-state index in [1.165, 1.54) is 12.4 Å². The fourth-order valence-corrected chi connectivity index (χ4v) is 4.05. The maximum atomic E-state index is 13.7. The Hall–Kier alpha value is -3.46. The van der Waals surface area contributed by atoms with Crippen molar-refractivity contribution in [1.29, 1.82) is 0 Å². The summed E-state index contributed by atoms with van der Waals surface area (Å²) < 4.78 is 133. The van der Waals surface area contributed by atoms with Crippen molar-refractivity contribution in [3.05, 3.63) is 41.3 Å². The topological polar surface area (TPSA) is 85.7 Å². The van der Waals surface area contributed by atoms with Crippen LogP contribution in [0.4, 0.5) is 5.82 Å². The number of carbonyl (C=O) groups excluding carboxylic acids is 1. The standard InChI is InChI=1S/C26H34N8O/c1-16(2)23-24(19-13-34-26(27-15-28-34)18(4)17(19)3)29-20-7-8-21(30-25(20)23)32-9-11-33(12-10-32)22(35)14-31(5)6/h7-8,13,15-16,29H,9-12,14H2,1-6H3/i5D3,6D3,9D2,10D2,11D2,12D2,14D2. The molecule has 0 aromatic carbocycles. The molecule has 1 amide bonds. The fourth-order valence-electron chi connectivity index (χ4n) is 4.05. The first-order chi connectivity index (χ1) is 22.9. The van der Waals surface area contributed by atoms with Gasteiger partial charge in [0, 0.05) is 51.5 Å². The van der Waals surface area contributed by atoms with Crippen LogP contribution in [-0.4, -0.2) is 86.7 Å². The lowest BCUT2D eigenvalue weighted by Gasteiger charge is -2.36. The highest BCUT2D eigenvalue weighted by atomic mass is 16.2. The number of nitrogens with zero attached hydrogens (tertiary/aromatic N) is 7. The molecule has 1 fully saturated rings. The number of piperazine rings is 1. The predicted molar refractivity (Wildman–Crippen MR) is 139 cm³/mol. The number of amides is 1. The summed E-state index contributed by atoms with van der Waals surface area (Å²) in [4.78, 5) is 24.3. The molecule has 0 unspecified atom stereocenters. The van der Waals surface area contributed by atoms with Crippen LogP contribution >= 0.6 is 0 Å². The second-order valence-corrected chi connectivity index (χ2v) is 8.33. The van der Waals surface area contributed by atoms with Gasteiger partial charge < -0.3 is 19.7 Å². The average Bonchev–Trinajstić information content (AvgIpc) is 3.56. The van der Waals surface area contributed by atoms with E-state index < -0.39 is 68.0 Å². The van der Waals surface area contributed by atoms with Gasteiger partial charge in [-0.1, -0.05) is 13.8 Å². The normalized spacial score (nSPS) is 28.4. The first-order valence-corrected chi connectivity index (χ1v) is 10.7. The van der Waals surface area contributed by atoms with E-state index in [9.17, 15) is 4.79 Å². The van der Waals surface area contributed by atoms with Gasteiger partial charge in [0.05, 0.1) is 36.9 Å². The van der Waals surface area contributed by atoms with Crippen LogP contribution < -0.4 is 4.90 Å². The highest BCUT2D eigenvalue weighted by Gasteiger charge is 2.24. The van der Waals surface area contributed by atoms with Crippen LogP contribution in [0.25, 0.3) is 27.9 Å². The van der Waals surface area contributed by atoms with Gasteiger partial charge in [-0.2, -0.15) is 5.10 Å². The van der Waals surface area contributed by atoms with Crippen molar-refractivity contribution in [2.75, 3.05) is 51.3 Å². The molecule has 0 spiro atoms. The molecule has 0 saturated carbocycles. The molecule has 9 heteroatoms. The number of hydrogen-bond donors (Lipinski definition) is 1. The lowest BCUT2D eigenvalue weighted by atomic mass is 9.95. The Bertz CT molecular complexity index is 1990. The third-order valence-corrected chi connectivity index (χ3v) is 5.82. The third-order valence-electron chi connectivity index (χ3n) is 5.82. The number of nitrogens with one attached hydrogen (secondary N) is 1. The van der Waals surface area contributed by atoms with Crippen LogP contribution in [-0.2, 0) is 4.79 Å². The van der Waals surface area contributed by atoms with E-state index in [4.69, 9.17) is 21.9 Å². The molecule has 0 atom stereocenters. The van der Waals surface area contributed by atoms with Crippen molar-refractivity contribution in [1.82, 2.24) is 34.4 Å². The highest BCUT2D eigenvalue weighted by molar-refractivity contribution is 5.90. The molecule has 5 rings (SSSR count). The van der Waals surface area contributed by atoms with Crippen LogP contribution in [0.2, 0.25) is 0 Å². The van der Waals surface area contributed by atoms with E-state index in [2.05, 4.69) is 20.1 Å². The van der Waals surface area contributed by atoms with Crippen LogP contribution in [0, 0.1) is 13.8 Å². The SMILES string of the molecule is [2H]C([2H])([2H])N(C([2H])([2H])[2H])C([2H])([2H])C(=O)N1C([2H])([2H])C([2H])([2H])N(c2ccc3[nH]c(-c4cn5ncnc5c(C)c4C)c(C(C)C)c3n2)C([2H])([2H])C1([2H])[2H]. The number of fused-ring (bicyclic) bond motifs is 2. The van der Waals surface area contributed by atoms with E-state index in [0.29, 0.717) is 22.4 Å². The second kappa shape index (κ2) is 8.96. The van der Waals surface area contributed by atoms with Gasteiger partial charge in [0.15, 0.2) is 5.65 Å². The molecule has 35 heavy (non-hydrogen) atoms. The quantitative estimate of drug-likeness (QED) is 0.462. The zero-order valence-electron chi connectivity index (χ0n) is 35.4. The molecule has 4 aromatic heterocycles. The molecular weight excluding hydrogens is 440 g/mol. The van der Waals surface area contributed by atoms with Gasteiger partial charge in [-0.15, -0.1) is 0 Å². The van der Waals surface area contributed by atoms with Crippen LogP contribution in [0.3, 0.4) is 0 Å². The minimum absolute atomic E-state index is 0.0672. The molecule has 0 aliphatic carbocycles. The Kier molecular flexibility index (Phi) is 2.83. The van der Waals surface area contributed by atoms with Crippen molar-refractivity contribution in [3.8, 4) is 11.3 Å². The number of pyridine rings is 2. The number of rotatable bonds is 5. The number of aryl methyl sites for hydroxylation is 1. The van der Waals surface area contributed by atoms with Gasteiger partial charge in [-0.25, -0.2) is 14.5 Å². The second-order valence-electron chi connectivity index (χ2n) is 8.33. The van der Waals surface area contributed by atoms with Crippen molar-refractivity contribution in [2.24, 2.45) is 0 Å². The molecule has 1 aliphatic rings. The summed E-state index contributed by atoms with van der Waals surface area (Å²) in [5, 5.41) is 4.24. The van der Waals surface area contributed by atoms with Gasteiger partial charge >= 0.3 is 0 Å². The predicted octanol–water partition coefficient (Wildman–Crippen LogP) is 3.22. The molecule has 1 N–H and O–H groups in total. The molecule has 1 saturated heterocycles. The summed E-state index contributed by atoms with van der Waals surface area (Å²) in [7, 11) is 0. The molecule has 0 bridgehead atoms. The maximum Gasteiger partial charge on any atom is 0.236 e. The zero-order valence-corrected chi connectivity index (χ0v) is 19.4. The van der Waals surface area contributed by atoms with E-state index >= 15 is 0 Å². The first kappa shape index (κ1) is 11.1. The monoisotopic (exact) mass is 490 g/mol. The van der Waals surface area contributed by atoms with Gasteiger partial charge in [0.25, 0.3) is 0 Å². The molecule has 0 radical (unpaired) electrons. The Morgan fingerprint density at radius 1 is 1.23 bits per heavy atom. The molecule has 4 aromatic rings. The smallest absolute Gasteiger partial charge is 0.236 e. The Labute approximate surface area is 228 Å². The number of likely N-dealkylation sites (N-methyl/N-ethyl adjacent to an activating group) is 1. The van der Waals surface area contributed by atoms with Crippen molar-refractivity contribution in [2.45, 2.75) is 33.6 Å². The molecule has 5 heterocycles.